The van der Waals surface area contributed by atoms with Crippen LogP contribution in [0.3, 0.4) is 0 Å². The van der Waals surface area contributed by atoms with Crippen LogP contribution in [0.1, 0.15) is 25.8 Å². The van der Waals surface area contributed by atoms with Crippen LogP contribution in [0.5, 0.6) is 0 Å². The van der Waals surface area contributed by atoms with Crippen molar-refractivity contribution in [3.8, 4) is 0 Å². The van der Waals surface area contributed by atoms with E-state index in [0.29, 0.717) is 26.2 Å². The third kappa shape index (κ3) is 6.39. The van der Waals surface area contributed by atoms with E-state index < -0.39 is 10.0 Å². The number of fused-ring (bicyclic) bond motifs is 1. The Balaban J connectivity index is 1.37. The Kier molecular flexibility index (Phi) is 8.35. The molecule has 37 heavy (non-hydrogen) atoms. The van der Waals surface area contributed by atoms with Gasteiger partial charge in [-0.25, -0.2) is 0 Å². The first-order chi connectivity index (χ1) is 17.5. The molecule has 2 aliphatic rings. The predicted molar refractivity (Wildman–Crippen MR) is 152 cm³/mol. The minimum absolute atomic E-state index is 0.0353. The third-order valence-corrected chi connectivity index (χ3v) is 8.84. The molecule has 12 heteroatoms. The average Bonchev–Trinajstić information content (AvgIpc) is 2.86. The van der Waals surface area contributed by atoms with Crippen LogP contribution < -0.4 is 15.5 Å². The third-order valence-electron chi connectivity index (χ3n) is 6.58. The second-order valence-electron chi connectivity index (χ2n) is 9.12. The quantitative estimate of drug-likeness (QED) is 0.422. The normalized spacial score (nSPS) is 17.4. The number of benzene rings is 2. The first-order valence-electron chi connectivity index (χ1n) is 12.1. The fourth-order valence-electron chi connectivity index (χ4n) is 4.76. The minimum atomic E-state index is -3.95. The second-order valence-corrected chi connectivity index (χ2v) is 12.4. The summed E-state index contributed by atoms with van der Waals surface area (Å²) in [4.78, 5) is 19.6. The van der Waals surface area contributed by atoms with Gasteiger partial charge in [-0.15, -0.1) is 4.40 Å². The van der Waals surface area contributed by atoms with Gasteiger partial charge in [0, 0.05) is 49.1 Å². The van der Waals surface area contributed by atoms with Crippen molar-refractivity contribution < 1.29 is 13.2 Å². The van der Waals surface area contributed by atoms with Crippen molar-refractivity contribution in [3.05, 3.63) is 53.1 Å². The molecule has 2 aromatic carbocycles. The number of nitrogens with zero attached hydrogens (tertiary/aromatic N) is 4. The highest BCUT2D eigenvalue weighted by Crippen LogP contribution is 2.31. The number of nitrogens with two attached hydrogens (primary N) is 1. The van der Waals surface area contributed by atoms with Gasteiger partial charge in [-0.3, -0.25) is 10.2 Å². The molecule has 198 valence electrons. The summed E-state index contributed by atoms with van der Waals surface area (Å²) < 4.78 is 28.6. The summed E-state index contributed by atoms with van der Waals surface area (Å²) in [6, 6.07) is 12.1. The van der Waals surface area contributed by atoms with E-state index in [9.17, 15) is 13.2 Å². The lowest BCUT2D eigenvalue weighted by Crippen LogP contribution is -2.55. The number of carbonyl (C=O) groups excluding carboxylic acids is 1. The van der Waals surface area contributed by atoms with E-state index >= 15 is 0 Å². The van der Waals surface area contributed by atoms with E-state index in [0.717, 1.165) is 47.5 Å². The number of amides is 1. The van der Waals surface area contributed by atoms with Crippen molar-refractivity contribution >= 4 is 60.9 Å². The molecule has 1 unspecified atom stereocenters. The predicted octanol–water partition coefficient (Wildman–Crippen LogP) is 3.56. The van der Waals surface area contributed by atoms with Gasteiger partial charge in [0.15, 0.2) is 5.17 Å². The SMILES string of the molecule is CC(=N)S/C(N)=N/S(=O)(=O)c1ccc(N2CCN(C(=O)C(C)N3CCCc4cc(Cl)ccc43)CC2)cc1. The summed E-state index contributed by atoms with van der Waals surface area (Å²) in [5.74, 6) is 0.109. The molecule has 9 nitrogen and oxygen atoms in total. The molecule has 0 aromatic heterocycles. The molecule has 3 N–H and O–H groups in total. The lowest BCUT2D eigenvalue weighted by molar-refractivity contribution is -0.132. The van der Waals surface area contributed by atoms with Gasteiger partial charge in [-0.1, -0.05) is 11.6 Å². The first kappa shape index (κ1) is 27.3. The highest BCUT2D eigenvalue weighted by Gasteiger charge is 2.31. The number of hydrogen-bond donors (Lipinski definition) is 2. The lowest BCUT2D eigenvalue weighted by atomic mass is 10.00. The largest absolute Gasteiger partial charge is 0.377 e. The Bertz CT molecular complexity index is 1310. The molecule has 1 amide bonds. The van der Waals surface area contributed by atoms with Crippen LogP contribution in [0.4, 0.5) is 11.4 Å². The summed E-state index contributed by atoms with van der Waals surface area (Å²) in [5.41, 5.74) is 8.77. The van der Waals surface area contributed by atoms with Crippen molar-refractivity contribution in [2.75, 3.05) is 42.5 Å². The first-order valence-corrected chi connectivity index (χ1v) is 14.7. The zero-order chi connectivity index (χ0) is 26.7. The van der Waals surface area contributed by atoms with E-state index in [1.54, 1.807) is 12.1 Å². The molecule has 1 saturated heterocycles. The molecule has 0 saturated carbocycles. The van der Waals surface area contributed by atoms with Gasteiger partial charge in [0.1, 0.15) is 6.04 Å². The molecule has 2 aliphatic heterocycles. The number of anilines is 2. The zero-order valence-electron chi connectivity index (χ0n) is 20.9. The Hall–Kier alpha value is -2.76. The van der Waals surface area contributed by atoms with Gasteiger partial charge in [0.25, 0.3) is 10.0 Å². The highest BCUT2D eigenvalue weighted by molar-refractivity contribution is 8.26. The van der Waals surface area contributed by atoms with Crippen LogP contribution in [0.25, 0.3) is 0 Å². The van der Waals surface area contributed by atoms with Gasteiger partial charge < -0.3 is 20.4 Å². The lowest BCUT2D eigenvalue weighted by Gasteiger charge is -2.41. The summed E-state index contributed by atoms with van der Waals surface area (Å²) in [7, 11) is -3.95. The number of rotatable bonds is 5. The van der Waals surface area contributed by atoms with Crippen molar-refractivity contribution in [1.29, 1.82) is 5.41 Å². The fourth-order valence-corrected chi connectivity index (χ4v) is 6.53. The van der Waals surface area contributed by atoms with Crippen molar-refractivity contribution in [2.24, 2.45) is 10.1 Å². The topological polar surface area (TPSA) is 123 Å². The molecule has 2 heterocycles. The summed E-state index contributed by atoms with van der Waals surface area (Å²) in [6.07, 6.45) is 1.96. The van der Waals surface area contributed by atoms with Crippen LogP contribution in [0.15, 0.2) is 51.8 Å². The Morgan fingerprint density at radius 3 is 2.43 bits per heavy atom. The number of halogens is 1. The van der Waals surface area contributed by atoms with Crippen LogP contribution in [0, 0.1) is 5.41 Å². The molecule has 0 aliphatic carbocycles. The van der Waals surface area contributed by atoms with Gasteiger partial charge in [0.2, 0.25) is 5.91 Å². The molecule has 1 fully saturated rings. The molecule has 0 bridgehead atoms. The zero-order valence-corrected chi connectivity index (χ0v) is 23.2. The Morgan fingerprint density at radius 2 is 1.78 bits per heavy atom. The number of carbonyl (C=O) groups is 1. The average molecular weight is 563 g/mol. The van der Waals surface area contributed by atoms with Gasteiger partial charge >= 0.3 is 0 Å². The van der Waals surface area contributed by atoms with E-state index in [-0.39, 0.29) is 27.1 Å². The van der Waals surface area contributed by atoms with Crippen molar-refractivity contribution in [1.82, 2.24) is 4.90 Å². The molecular weight excluding hydrogens is 532 g/mol. The fraction of sp³-hybridized carbons (Fsp3) is 0.400. The molecule has 0 spiro atoms. The molecule has 1 atom stereocenters. The number of amidine groups is 1. The molecule has 0 radical (unpaired) electrons. The van der Waals surface area contributed by atoms with Gasteiger partial charge in [-0.2, -0.15) is 8.42 Å². The van der Waals surface area contributed by atoms with Gasteiger partial charge in [0.05, 0.1) is 9.94 Å². The number of sulfonamides is 1. The van der Waals surface area contributed by atoms with Crippen molar-refractivity contribution in [3.63, 3.8) is 0 Å². The molecule has 4 rings (SSSR count). The maximum absolute atomic E-state index is 13.4. The monoisotopic (exact) mass is 562 g/mol. The van der Waals surface area contributed by atoms with E-state index in [1.165, 1.54) is 24.6 Å². The Morgan fingerprint density at radius 1 is 1.11 bits per heavy atom. The van der Waals surface area contributed by atoms with E-state index in [1.807, 2.05) is 30.0 Å². The smallest absolute Gasteiger partial charge is 0.284 e. The maximum Gasteiger partial charge on any atom is 0.284 e. The van der Waals surface area contributed by atoms with Crippen LogP contribution >= 0.6 is 23.4 Å². The number of piperazine rings is 1. The highest BCUT2D eigenvalue weighted by atomic mass is 35.5. The Labute approximate surface area is 227 Å². The number of nitrogens with one attached hydrogen (secondary N) is 1. The number of aryl methyl sites for hydroxylation is 1. The van der Waals surface area contributed by atoms with Crippen LogP contribution in [-0.4, -0.2) is 68.2 Å². The van der Waals surface area contributed by atoms with Gasteiger partial charge in [-0.05, 0) is 86.5 Å². The van der Waals surface area contributed by atoms with E-state index in [4.69, 9.17) is 22.7 Å². The molecular formula is C25H31ClN6O3S2. The molecule has 2 aromatic rings. The number of hydrogen-bond acceptors (Lipinski definition) is 7. The number of thioether (sulfide) groups is 1. The van der Waals surface area contributed by atoms with Crippen LogP contribution in [0.2, 0.25) is 5.02 Å². The standard InChI is InChI=1S/C25H31ClN6O3S2/c1-17(32-11-3-4-19-16-20(26)5-10-23(19)32)24(33)31-14-12-30(13-15-31)21-6-8-22(9-7-21)37(34,35)29-25(28)36-18(2)27/h5-10,16-17,27H,3-4,11-15H2,1-2H3,(H2,28,29). The summed E-state index contributed by atoms with van der Waals surface area (Å²) in [6.45, 7) is 6.79. The second kappa shape index (κ2) is 11.3. The summed E-state index contributed by atoms with van der Waals surface area (Å²) in [5, 5.41) is 8.08. The maximum atomic E-state index is 13.4. The minimum Gasteiger partial charge on any atom is -0.377 e. The van der Waals surface area contributed by atoms with E-state index in [2.05, 4.69) is 14.2 Å². The summed E-state index contributed by atoms with van der Waals surface area (Å²) >= 11 is 6.97. The van der Waals surface area contributed by atoms with Crippen LogP contribution in [-0.2, 0) is 21.2 Å². The van der Waals surface area contributed by atoms with Crippen molar-refractivity contribution in [2.45, 2.75) is 37.6 Å².